The van der Waals surface area contributed by atoms with Gasteiger partial charge in [-0.1, -0.05) is 11.6 Å². The van der Waals surface area contributed by atoms with Gasteiger partial charge >= 0.3 is 0 Å². The van der Waals surface area contributed by atoms with Crippen LogP contribution in [-0.2, 0) is 0 Å². The van der Waals surface area contributed by atoms with E-state index in [-0.39, 0.29) is 0 Å². The third-order valence-corrected chi connectivity index (χ3v) is 2.94. The maximum atomic E-state index is 5.95. The maximum Gasteiger partial charge on any atom is 0.238 e. The Hall–Kier alpha value is -1.44. The van der Waals surface area contributed by atoms with Crippen molar-refractivity contribution in [3.63, 3.8) is 0 Å². The topological polar surface area (TPSA) is 89.6 Å². The van der Waals surface area contributed by atoms with Crippen molar-refractivity contribution in [3.8, 4) is 0 Å². The van der Waals surface area contributed by atoms with Gasteiger partial charge in [0.25, 0.3) is 0 Å². The normalized spacial score (nSPS) is 10.1. The van der Waals surface area contributed by atoms with Crippen molar-refractivity contribution in [1.29, 1.82) is 0 Å². The molecule has 0 fully saturated rings. The summed E-state index contributed by atoms with van der Waals surface area (Å²) in [5.74, 6) is 5.52. The van der Waals surface area contributed by atoms with Gasteiger partial charge in [-0.2, -0.15) is 0 Å². The Labute approximate surface area is 101 Å². The third-order valence-electron chi connectivity index (χ3n) is 1.60. The summed E-state index contributed by atoms with van der Waals surface area (Å²) >= 11 is 7.26. The minimum Gasteiger partial charge on any atom is -0.292 e. The van der Waals surface area contributed by atoms with E-state index < -0.39 is 0 Å². The highest BCUT2D eigenvalue weighted by atomic mass is 35.5. The summed E-state index contributed by atoms with van der Waals surface area (Å²) in [7, 11) is 0. The van der Waals surface area contributed by atoms with E-state index in [1.807, 2.05) is 0 Å². The quantitative estimate of drug-likeness (QED) is 0.485. The zero-order chi connectivity index (χ0) is 11.4. The minimum absolute atomic E-state index is 0.306. The molecule has 0 amide bonds. The van der Waals surface area contributed by atoms with E-state index in [1.54, 1.807) is 12.3 Å². The van der Waals surface area contributed by atoms with Gasteiger partial charge in [0.1, 0.15) is 16.4 Å². The first-order chi connectivity index (χ1) is 7.79. The zero-order valence-electron chi connectivity index (χ0n) is 7.96. The molecule has 16 heavy (non-hydrogen) atoms. The summed E-state index contributed by atoms with van der Waals surface area (Å²) < 4.78 is 0. The largest absolute Gasteiger partial charge is 0.292 e. The number of aromatic nitrogens is 4. The van der Waals surface area contributed by atoms with Gasteiger partial charge in [-0.15, -0.1) is 0 Å². The van der Waals surface area contributed by atoms with E-state index in [4.69, 9.17) is 17.4 Å². The first-order valence-corrected chi connectivity index (χ1v) is 5.42. The lowest BCUT2D eigenvalue weighted by Gasteiger charge is -2.03. The molecule has 2 aromatic heterocycles. The molecule has 0 spiro atoms. The number of hydrazine groups is 1. The number of nitrogens with zero attached hydrogens (tertiary/aromatic N) is 4. The molecule has 82 valence electrons. The Morgan fingerprint density at radius 3 is 2.94 bits per heavy atom. The van der Waals surface area contributed by atoms with Crippen LogP contribution in [0.1, 0.15) is 0 Å². The highest BCUT2D eigenvalue weighted by Crippen LogP contribution is 2.29. The van der Waals surface area contributed by atoms with Crippen molar-refractivity contribution < 1.29 is 0 Å². The van der Waals surface area contributed by atoms with Crippen molar-refractivity contribution in [3.05, 3.63) is 29.8 Å². The molecule has 8 heteroatoms. The van der Waals surface area contributed by atoms with E-state index >= 15 is 0 Å². The van der Waals surface area contributed by atoms with E-state index in [9.17, 15) is 0 Å². The molecule has 0 atom stereocenters. The Morgan fingerprint density at radius 1 is 1.38 bits per heavy atom. The summed E-state index contributed by atoms with van der Waals surface area (Å²) in [6, 6.07) is 1.76. The molecule has 0 saturated heterocycles. The number of nitrogens with one attached hydrogen (secondary N) is 1. The van der Waals surface area contributed by atoms with E-state index in [1.165, 1.54) is 24.3 Å². The fourth-order valence-electron chi connectivity index (χ4n) is 0.931. The van der Waals surface area contributed by atoms with Gasteiger partial charge < -0.3 is 0 Å². The Bertz CT molecular complexity index is 479. The molecule has 0 bridgehead atoms. The van der Waals surface area contributed by atoms with Crippen molar-refractivity contribution >= 4 is 29.3 Å². The Kier molecular flexibility index (Phi) is 3.50. The number of hydrogen-bond donors (Lipinski definition) is 2. The van der Waals surface area contributed by atoms with Crippen molar-refractivity contribution in [2.24, 2.45) is 5.84 Å². The molecule has 2 aromatic rings. The van der Waals surface area contributed by atoms with Crippen LogP contribution < -0.4 is 11.3 Å². The second kappa shape index (κ2) is 5.06. The number of halogens is 1. The van der Waals surface area contributed by atoms with Crippen LogP contribution in [0.2, 0.25) is 5.02 Å². The molecule has 3 N–H and O–H groups in total. The fourth-order valence-corrected chi connectivity index (χ4v) is 1.85. The standard InChI is InChI=1S/C8H7ClN6S/c9-5-3-12-8(15-10)14-7(5)16-6-1-2-11-4-13-6/h1-4H,10H2,(H,12,14,15). The first-order valence-electron chi connectivity index (χ1n) is 4.22. The molecule has 0 aliphatic heterocycles. The molecule has 0 aliphatic carbocycles. The zero-order valence-corrected chi connectivity index (χ0v) is 9.53. The lowest BCUT2D eigenvalue weighted by molar-refractivity contribution is 1.01. The van der Waals surface area contributed by atoms with Crippen LogP contribution >= 0.6 is 23.4 Å². The first kappa shape index (κ1) is 11.1. The summed E-state index contributed by atoms with van der Waals surface area (Å²) in [5, 5.41) is 1.78. The molecule has 6 nitrogen and oxygen atoms in total. The van der Waals surface area contributed by atoms with Crippen LogP contribution in [0.3, 0.4) is 0 Å². The second-order valence-corrected chi connectivity index (χ2v) is 4.06. The van der Waals surface area contributed by atoms with Crippen LogP contribution in [0.15, 0.2) is 34.8 Å². The van der Waals surface area contributed by atoms with E-state index in [0.717, 1.165) is 5.03 Å². The number of hydrogen-bond acceptors (Lipinski definition) is 7. The summed E-state index contributed by atoms with van der Waals surface area (Å²) in [6.07, 6.45) is 4.58. The SMILES string of the molecule is NNc1ncc(Cl)c(Sc2ccncn2)n1. The summed E-state index contributed by atoms with van der Waals surface area (Å²) in [5.41, 5.74) is 2.35. The predicted molar refractivity (Wildman–Crippen MR) is 61.0 cm³/mol. The average molecular weight is 255 g/mol. The van der Waals surface area contributed by atoms with Crippen molar-refractivity contribution in [2.75, 3.05) is 5.43 Å². The molecule has 0 radical (unpaired) electrons. The average Bonchev–Trinajstić information content (AvgIpc) is 2.33. The molecular weight excluding hydrogens is 248 g/mol. The van der Waals surface area contributed by atoms with Crippen molar-refractivity contribution in [2.45, 2.75) is 10.1 Å². The maximum absolute atomic E-state index is 5.95. The smallest absolute Gasteiger partial charge is 0.238 e. The van der Waals surface area contributed by atoms with Gasteiger partial charge in [0.05, 0.1) is 11.2 Å². The van der Waals surface area contributed by atoms with E-state index in [0.29, 0.717) is 16.0 Å². The third kappa shape index (κ3) is 2.57. The molecule has 0 saturated carbocycles. The number of anilines is 1. The van der Waals surface area contributed by atoms with Gasteiger partial charge in [0.15, 0.2) is 0 Å². The van der Waals surface area contributed by atoms with Crippen LogP contribution in [-0.4, -0.2) is 19.9 Å². The molecule has 2 heterocycles. The Balaban J connectivity index is 2.27. The number of nitrogen functional groups attached to an aromatic ring is 1. The molecular formula is C8H7ClN6S. The fraction of sp³-hybridized carbons (Fsp3) is 0. The van der Waals surface area contributed by atoms with Gasteiger partial charge in [-0.3, -0.25) is 5.43 Å². The lowest BCUT2D eigenvalue weighted by Crippen LogP contribution is -2.10. The van der Waals surface area contributed by atoms with Crippen LogP contribution in [0.4, 0.5) is 5.95 Å². The van der Waals surface area contributed by atoms with Gasteiger partial charge in [0, 0.05) is 6.20 Å². The van der Waals surface area contributed by atoms with Crippen LogP contribution in [0.25, 0.3) is 0 Å². The van der Waals surface area contributed by atoms with E-state index in [2.05, 4.69) is 25.4 Å². The molecule has 2 rings (SSSR count). The minimum atomic E-state index is 0.306. The van der Waals surface area contributed by atoms with Crippen LogP contribution in [0.5, 0.6) is 0 Å². The lowest BCUT2D eigenvalue weighted by atomic mass is 10.6. The Morgan fingerprint density at radius 2 is 2.25 bits per heavy atom. The molecule has 0 aromatic carbocycles. The monoisotopic (exact) mass is 254 g/mol. The van der Waals surface area contributed by atoms with Gasteiger partial charge in [-0.25, -0.2) is 25.8 Å². The van der Waals surface area contributed by atoms with Gasteiger partial charge in [-0.05, 0) is 17.8 Å². The highest BCUT2D eigenvalue weighted by molar-refractivity contribution is 7.99. The van der Waals surface area contributed by atoms with Crippen molar-refractivity contribution in [1.82, 2.24) is 19.9 Å². The van der Waals surface area contributed by atoms with Crippen LogP contribution in [0, 0.1) is 0 Å². The predicted octanol–water partition coefficient (Wildman–Crippen LogP) is 1.36. The highest BCUT2D eigenvalue weighted by Gasteiger charge is 2.07. The van der Waals surface area contributed by atoms with Gasteiger partial charge in [0.2, 0.25) is 5.95 Å². The second-order valence-electron chi connectivity index (χ2n) is 2.64. The summed E-state index contributed by atoms with van der Waals surface area (Å²) in [6.45, 7) is 0. The molecule has 0 aliphatic rings. The summed E-state index contributed by atoms with van der Waals surface area (Å²) in [4.78, 5) is 15.9. The number of nitrogens with two attached hydrogens (primary N) is 1. The number of rotatable bonds is 3. The molecule has 0 unspecified atom stereocenters.